The van der Waals surface area contributed by atoms with Gasteiger partial charge in [0, 0.05) is 5.92 Å². The lowest BCUT2D eigenvalue weighted by molar-refractivity contribution is 1.03. The average Bonchev–Trinajstić information content (AvgIpc) is 3.61. The Bertz CT molecular complexity index is 2120. The Kier molecular flexibility index (Phi) is 6.09. The first-order chi connectivity index (χ1) is 21.2. The molecule has 2 aliphatic carbocycles. The molecule has 0 N–H and O–H groups in total. The van der Waals surface area contributed by atoms with E-state index in [4.69, 9.17) is 0 Å². The lowest BCUT2D eigenvalue weighted by Gasteiger charge is -2.23. The summed E-state index contributed by atoms with van der Waals surface area (Å²) in [6, 6.07) is 50.8. The van der Waals surface area contributed by atoms with Crippen molar-refractivity contribution in [2.45, 2.75) is 19.8 Å². The summed E-state index contributed by atoms with van der Waals surface area (Å²) < 4.78 is 0. The van der Waals surface area contributed by atoms with Gasteiger partial charge in [-0.2, -0.15) is 0 Å². The van der Waals surface area contributed by atoms with Gasteiger partial charge in [0.25, 0.3) is 0 Å². The highest BCUT2D eigenvalue weighted by molar-refractivity contribution is 5.96. The van der Waals surface area contributed by atoms with Crippen molar-refractivity contribution in [2.75, 3.05) is 0 Å². The molecule has 0 nitrogen and oxygen atoms in total. The van der Waals surface area contributed by atoms with Gasteiger partial charge in [0.15, 0.2) is 0 Å². The number of allylic oxidation sites excluding steroid dienone is 1. The second kappa shape index (κ2) is 10.3. The van der Waals surface area contributed by atoms with Crippen LogP contribution in [-0.4, -0.2) is 0 Å². The minimum Gasteiger partial charge on any atom is -0.0622 e. The fourth-order valence-corrected chi connectivity index (χ4v) is 7.10. The quantitative estimate of drug-likeness (QED) is 0.206. The maximum Gasteiger partial charge on any atom is 0.0361 e. The fourth-order valence-electron chi connectivity index (χ4n) is 7.10. The third kappa shape index (κ3) is 4.22. The van der Waals surface area contributed by atoms with Gasteiger partial charge >= 0.3 is 0 Å². The number of hydrogen-bond acceptors (Lipinski definition) is 0. The first-order valence-electron chi connectivity index (χ1n) is 15.1. The molecular weight excluding hydrogens is 516 g/mol. The second-order valence-electron chi connectivity index (χ2n) is 11.7. The van der Waals surface area contributed by atoms with Gasteiger partial charge in [-0.05, 0) is 109 Å². The lowest BCUT2D eigenvalue weighted by Crippen LogP contribution is -2.26. The number of fused-ring (bicyclic) bond motifs is 4. The summed E-state index contributed by atoms with van der Waals surface area (Å²) in [4.78, 5) is 0. The predicted octanol–water partition coefficient (Wildman–Crippen LogP) is 8.92. The molecule has 1 unspecified atom stereocenters. The van der Waals surface area contributed by atoms with Crippen LogP contribution in [0.3, 0.4) is 0 Å². The Balaban J connectivity index is 1.54. The molecule has 203 valence electrons. The van der Waals surface area contributed by atoms with Crippen molar-refractivity contribution in [1.29, 1.82) is 0 Å². The van der Waals surface area contributed by atoms with Crippen LogP contribution in [0.15, 0.2) is 140 Å². The molecule has 0 aromatic heterocycles. The summed E-state index contributed by atoms with van der Waals surface area (Å²) >= 11 is 0. The number of hydrogen-bond donors (Lipinski definition) is 0. The molecule has 43 heavy (non-hydrogen) atoms. The zero-order chi connectivity index (χ0) is 28.9. The predicted molar refractivity (Wildman–Crippen MR) is 180 cm³/mol. The Morgan fingerprint density at radius 1 is 0.605 bits per heavy atom. The Morgan fingerprint density at radius 3 is 1.93 bits per heavy atom. The average molecular weight is 548 g/mol. The first kappa shape index (κ1) is 25.5. The third-order valence-corrected chi connectivity index (χ3v) is 9.08. The van der Waals surface area contributed by atoms with Gasteiger partial charge in [-0.3, -0.25) is 0 Å². The monoisotopic (exact) mass is 547 g/mol. The molecule has 0 spiro atoms. The zero-order valence-electron chi connectivity index (χ0n) is 24.4. The molecule has 1 atom stereocenters. The fraction of sp³-hybridized carbons (Fsp3) is 0.0698. The number of benzene rings is 6. The summed E-state index contributed by atoms with van der Waals surface area (Å²) in [6.45, 7) is 4.50. The van der Waals surface area contributed by atoms with Crippen molar-refractivity contribution in [3.8, 4) is 11.1 Å². The highest BCUT2D eigenvalue weighted by atomic mass is 14.3. The molecule has 0 saturated carbocycles. The van der Waals surface area contributed by atoms with E-state index in [1.807, 2.05) is 0 Å². The van der Waals surface area contributed by atoms with E-state index in [1.54, 1.807) is 0 Å². The molecule has 0 aliphatic heterocycles. The van der Waals surface area contributed by atoms with Crippen LogP contribution in [0.4, 0.5) is 0 Å². The lowest BCUT2D eigenvalue weighted by atomic mass is 9.79. The molecule has 1 radical (unpaired) electrons. The van der Waals surface area contributed by atoms with E-state index in [0.717, 1.165) is 0 Å². The van der Waals surface area contributed by atoms with E-state index < -0.39 is 0 Å². The van der Waals surface area contributed by atoms with Crippen LogP contribution in [0.5, 0.6) is 0 Å². The van der Waals surface area contributed by atoms with E-state index in [9.17, 15) is 0 Å². The highest BCUT2D eigenvalue weighted by Gasteiger charge is 2.32. The first-order valence-corrected chi connectivity index (χ1v) is 15.1. The Morgan fingerprint density at radius 2 is 1.23 bits per heavy atom. The van der Waals surface area contributed by atoms with Crippen molar-refractivity contribution in [3.05, 3.63) is 200 Å². The van der Waals surface area contributed by atoms with E-state index in [1.165, 1.54) is 82.8 Å². The van der Waals surface area contributed by atoms with Gasteiger partial charge in [0.05, 0.1) is 0 Å². The van der Waals surface area contributed by atoms with Crippen LogP contribution < -0.4 is 10.4 Å². The molecule has 0 fully saturated rings. The maximum absolute atomic E-state index is 3.92. The molecule has 8 rings (SSSR count). The van der Waals surface area contributed by atoms with Crippen molar-refractivity contribution < 1.29 is 0 Å². The van der Waals surface area contributed by atoms with Gasteiger partial charge in [-0.25, -0.2) is 0 Å². The van der Waals surface area contributed by atoms with Crippen molar-refractivity contribution >= 4 is 23.3 Å². The SMILES string of the molecule is Cc1ccc2c(c1)[C]=c1c-2cc(=C(c2ccccc2)c2ccccc2)c(C)c1C1C(c2ccccc2)=Cc2ccccc21. The maximum atomic E-state index is 3.92. The van der Waals surface area contributed by atoms with Crippen LogP contribution >= 0.6 is 0 Å². The molecule has 6 aromatic rings. The summed E-state index contributed by atoms with van der Waals surface area (Å²) in [5, 5.41) is 2.50. The van der Waals surface area contributed by atoms with Crippen LogP contribution in [0.1, 0.15) is 56.0 Å². The largest absolute Gasteiger partial charge is 0.0622 e. The molecule has 2 aliphatic rings. The zero-order valence-corrected chi connectivity index (χ0v) is 24.4. The summed E-state index contributed by atoms with van der Waals surface area (Å²) in [7, 11) is 0. The van der Waals surface area contributed by atoms with Gasteiger partial charge in [-0.1, -0.05) is 139 Å². The Hall–Kier alpha value is -5.20. The highest BCUT2D eigenvalue weighted by Crippen LogP contribution is 2.46. The molecule has 6 aromatic carbocycles. The molecule has 0 saturated heterocycles. The standard InChI is InChI=1S/C43H31/c1-28-22-23-35-34(24-28)26-40-39(35)27-37(42(31-16-8-4-9-17-31)32-18-10-5-11-19-32)29(2)41(40)43-36-21-13-12-20-33(36)25-38(43)30-14-6-3-7-15-30/h3-25,27,43H,1-2H3. The van der Waals surface area contributed by atoms with Gasteiger partial charge < -0.3 is 0 Å². The topological polar surface area (TPSA) is 0 Å². The molecular formula is C43H31. The van der Waals surface area contributed by atoms with Crippen LogP contribution in [0.2, 0.25) is 0 Å². The van der Waals surface area contributed by atoms with Crippen LogP contribution in [0, 0.1) is 13.8 Å². The van der Waals surface area contributed by atoms with Crippen LogP contribution in [0.25, 0.3) is 34.4 Å². The molecule has 0 heteroatoms. The van der Waals surface area contributed by atoms with Gasteiger partial charge in [-0.15, -0.1) is 0 Å². The van der Waals surface area contributed by atoms with E-state index >= 15 is 0 Å². The van der Waals surface area contributed by atoms with E-state index in [2.05, 4.69) is 166 Å². The summed E-state index contributed by atoms with van der Waals surface area (Å²) in [6.07, 6.45) is 6.32. The number of aryl methyl sites for hydroxylation is 1. The van der Waals surface area contributed by atoms with Crippen molar-refractivity contribution in [2.24, 2.45) is 0 Å². The molecule has 0 amide bonds. The molecule has 0 bridgehead atoms. The second-order valence-corrected chi connectivity index (χ2v) is 11.7. The summed E-state index contributed by atoms with van der Waals surface area (Å²) in [5.41, 5.74) is 16.6. The smallest absolute Gasteiger partial charge is 0.0361 e. The summed E-state index contributed by atoms with van der Waals surface area (Å²) in [5.74, 6) is 0.100. The van der Waals surface area contributed by atoms with E-state index in [0.29, 0.717) is 0 Å². The van der Waals surface area contributed by atoms with Gasteiger partial charge in [0.1, 0.15) is 0 Å². The van der Waals surface area contributed by atoms with Gasteiger partial charge in [0.2, 0.25) is 0 Å². The Labute approximate surface area is 253 Å². The number of rotatable bonds is 4. The third-order valence-electron chi connectivity index (χ3n) is 9.08. The minimum atomic E-state index is 0.100. The van der Waals surface area contributed by atoms with E-state index in [-0.39, 0.29) is 5.92 Å². The van der Waals surface area contributed by atoms with Crippen LogP contribution in [-0.2, 0) is 0 Å². The minimum absolute atomic E-state index is 0.100. The normalized spacial score (nSPS) is 14.4. The van der Waals surface area contributed by atoms with Crippen molar-refractivity contribution in [3.63, 3.8) is 0 Å². The van der Waals surface area contributed by atoms with Crippen molar-refractivity contribution in [1.82, 2.24) is 0 Å². The molecule has 0 heterocycles.